The molecular formula is C21H24ClN3O4. The molecule has 1 aliphatic rings. The number of carbonyl (C=O) groups is 2. The van der Waals surface area contributed by atoms with Crippen molar-refractivity contribution < 1.29 is 19.1 Å². The highest BCUT2D eigenvalue weighted by Gasteiger charge is 2.24. The van der Waals surface area contributed by atoms with Crippen molar-refractivity contribution in [2.75, 3.05) is 45.3 Å². The van der Waals surface area contributed by atoms with Crippen LogP contribution in [0.15, 0.2) is 48.5 Å². The van der Waals surface area contributed by atoms with Crippen molar-refractivity contribution in [3.8, 4) is 5.75 Å². The molecule has 0 saturated carbocycles. The second kappa shape index (κ2) is 10.2. The van der Waals surface area contributed by atoms with Gasteiger partial charge in [0.25, 0.3) is 0 Å². The number of para-hydroxylation sites is 1. The van der Waals surface area contributed by atoms with Gasteiger partial charge in [0, 0.05) is 19.6 Å². The number of amides is 2. The van der Waals surface area contributed by atoms with Gasteiger partial charge in [-0.2, -0.15) is 0 Å². The van der Waals surface area contributed by atoms with Gasteiger partial charge in [-0.05, 0) is 29.8 Å². The van der Waals surface area contributed by atoms with Crippen molar-refractivity contribution in [3.63, 3.8) is 0 Å². The number of ether oxygens (including phenoxy) is 2. The van der Waals surface area contributed by atoms with Crippen molar-refractivity contribution in [1.82, 2.24) is 10.2 Å². The second-order valence-electron chi connectivity index (χ2n) is 6.58. The van der Waals surface area contributed by atoms with Gasteiger partial charge in [0.15, 0.2) is 0 Å². The van der Waals surface area contributed by atoms with Gasteiger partial charge in [-0.3, -0.25) is 14.5 Å². The van der Waals surface area contributed by atoms with Gasteiger partial charge in [-0.25, -0.2) is 0 Å². The molecule has 7 nitrogen and oxygen atoms in total. The van der Waals surface area contributed by atoms with Crippen LogP contribution in [-0.4, -0.2) is 56.7 Å². The van der Waals surface area contributed by atoms with E-state index in [0.29, 0.717) is 30.5 Å². The maximum atomic E-state index is 12.3. The molecule has 0 radical (unpaired) electrons. The summed E-state index contributed by atoms with van der Waals surface area (Å²) in [5.74, 6) is -0.706. The van der Waals surface area contributed by atoms with E-state index in [1.807, 2.05) is 24.3 Å². The number of anilines is 1. The first kappa shape index (κ1) is 21.1. The number of morpholine rings is 1. The van der Waals surface area contributed by atoms with Crippen LogP contribution in [0.3, 0.4) is 0 Å². The first-order chi connectivity index (χ1) is 14.1. The molecule has 0 spiro atoms. The highest BCUT2D eigenvalue weighted by atomic mass is 35.5. The number of hydrogen-bond donors (Lipinski definition) is 2. The zero-order valence-electron chi connectivity index (χ0n) is 16.2. The SMILES string of the molecule is COc1ccc(C(CNC(=O)C(=O)Nc2ccccc2Cl)N2CCOCC2)cc1. The molecule has 1 atom stereocenters. The van der Waals surface area contributed by atoms with Crippen LogP contribution in [0.4, 0.5) is 5.69 Å². The molecule has 29 heavy (non-hydrogen) atoms. The quantitative estimate of drug-likeness (QED) is 0.706. The number of benzene rings is 2. The van der Waals surface area contributed by atoms with E-state index in [1.165, 1.54) is 0 Å². The third-order valence-electron chi connectivity index (χ3n) is 4.77. The Morgan fingerprint density at radius 2 is 1.79 bits per heavy atom. The minimum absolute atomic E-state index is 0.0816. The fraction of sp³-hybridized carbons (Fsp3) is 0.333. The molecule has 1 heterocycles. The van der Waals surface area contributed by atoms with Crippen molar-refractivity contribution in [1.29, 1.82) is 0 Å². The van der Waals surface area contributed by atoms with Gasteiger partial charge < -0.3 is 20.1 Å². The average molecular weight is 418 g/mol. The van der Waals surface area contributed by atoms with Gasteiger partial charge in [0.2, 0.25) is 0 Å². The number of nitrogens with zero attached hydrogens (tertiary/aromatic N) is 1. The molecule has 154 valence electrons. The van der Waals surface area contributed by atoms with Gasteiger partial charge in [0.05, 0.1) is 37.1 Å². The summed E-state index contributed by atoms with van der Waals surface area (Å²) in [5, 5.41) is 5.65. The van der Waals surface area contributed by atoms with E-state index >= 15 is 0 Å². The van der Waals surface area contributed by atoms with E-state index in [4.69, 9.17) is 21.1 Å². The summed E-state index contributed by atoms with van der Waals surface area (Å²) >= 11 is 6.03. The van der Waals surface area contributed by atoms with Crippen LogP contribution in [0.5, 0.6) is 5.75 Å². The second-order valence-corrected chi connectivity index (χ2v) is 6.99. The van der Waals surface area contributed by atoms with Crippen LogP contribution in [0.2, 0.25) is 5.02 Å². The first-order valence-electron chi connectivity index (χ1n) is 9.38. The van der Waals surface area contributed by atoms with Crippen molar-refractivity contribution >= 4 is 29.1 Å². The Morgan fingerprint density at radius 1 is 1.10 bits per heavy atom. The fourth-order valence-electron chi connectivity index (χ4n) is 3.18. The third-order valence-corrected chi connectivity index (χ3v) is 5.10. The van der Waals surface area contributed by atoms with E-state index in [2.05, 4.69) is 15.5 Å². The Hall–Kier alpha value is -2.61. The minimum Gasteiger partial charge on any atom is -0.497 e. The summed E-state index contributed by atoms with van der Waals surface area (Å²) in [6.45, 7) is 3.05. The molecule has 1 saturated heterocycles. The summed E-state index contributed by atoms with van der Waals surface area (Å²) < 4.78 is 10.7. The van der Waals surface area contributed by atoms with Crippen molar-refractivity contribution in [3.05, 3.63) is 59.1 Å². The Morgan fingerprint density at radius 3 is 2.45 bits per heavy atom. The third kappa shape index (κ3) is 5.69. The Bertz CT molecular complexity index is 838. The summed E-state index contributed by atoms with van der Waals surface area (Å²) in [4.78, 5) is 26.8. The Kier molecular flexibility index (Phi) is 7.46. The largest absolute Gasteiger partial charge is 0.497 e. The lowest BCUT2D eigenvalue weighted by molar-refractivity contribution is -0.136. The van der Waals surface area contributed by atoms with Crippen LogP contribution >= 0.6 is 11.6 Å². The molecule has 1 fully saturated rings. The highest BCUT2D eigenvalue weighted by molar-refractivity contribution is 6.41. The molecule has 2 N–H and O–H groups in total. The number of rotatable bonds is 6. The minimum atomic E-state index is -0.756. The lowest BCUT2D eigenvalue weighted by atomic mass is 10.0. The van der Waals surface area contributed by atoms with Gasteiger partial charge in [0.1, 0.15) is 5.75 Å². The maximum absolute atomic E-state index is 12.3. The van der Waals surface area contributed by atoms with Crippen LogP contribution in [0.1, 0.15) is 11.6 Å². The summed E-state index contributed by atoms with van der Waals surface area (Å²) in [6.07, 6.45) is 0. The lowest BCUT2D eigenvalue weighted by Gasteiger charge is -2.34. The molecule has 2 amide bonds. The van der Waals surface area contributed by atoms with E-state index in [1.54, 1.807) is 31.4 Å². The molecule has 0 aromatic heterocycles. The molecule has 2 aromatic carbocycles. The lowest BCUT2D eigenvalue weighted by Crippen LogP contribution is -2.45. The first-order valence-corrected chi connectivity index (χ1v) is 9.75. The Balaban J connectivity index is 1.66. The summed E-state index contributed by atoms with van der Waals surface area (Å²) in [6, 6.07) is 14.4. The summed E-state index contributed by atoms with van der Waals surface area (Å²) in [5.41, 5.74) is 1.42. The number of carbonyl (C=O) groups excluding carboxylic acids is 2. The fourth-order valence-corrected chi connectivity index (χ4v) is 3.37. The average Bonchev–Trinajstić information content (AvgIpc) is 2.76. The van der Waals surface area contributed by atoms with Crippen molar-refractivity contribution in [2.45, 2.75) is 6.04 Å². The van der Waals surface area contributed by atoms with E-state index in [0.717, 1.165) is 24.4 Å². The Labute approximate surface area is 174 Å². The molecule has 0 aliphatic carbocycles. The standard InChI is InChI=1S/C21H24ClN3O4/c1-28-16-8-6-15(7-9-16)19(25-10-12-29-13-11-25)14-23-20(26)21(27)24-18-5-3-2-4-17(18)22/h2-9,19H,10-14H2,1H3,(H,23,26)(H,24,27). The van der Waals surface area contributed by atoms with E-state index in [-0.39, 0.29) is 6.04 Å². The smallest absolute Gasteiger partial charge is 0.313 e. The molecule has 3 rings (SSSR count). The molecule has 0 bridgehead atoms. The molecular weight excluding hydrogens is 394 g/mol. The molecule has 1 unspecified atom stereocenters. The number of halogens is 1. The normalized spacial score (nSPS) is 15.4. The number of hydrogen-bond acceptors (Lipinski definition) is 5. The maximum Gasteiger partial charge on any atom is 0.313 e. The predicted octanol–water partition coefficient (Wildman–Crippen LogP) is 2.48. The van der Waals surface area contributed by atoms with Crippen LogP contribution < -0.4 is 15.4 Å². The molecule has 2 aromatic rings. The van der Waals surface area contributed by atoms with Gasteiger partial charge in [-0.1, -0.05) is 35.9 Å². The molecule has 8 heteroatoms. The monoisotopic (exact) mass is 417 g/mol. The van der Waals surface area contributed by atoms with Gasteiger partial charge in [-0.15, -0.1) is 0 Å². The van der Waals surface area contributed by atoms with Crippen LogP contribution in [0, 0.1) is 0 Å². The topological polar surface area (TPSA) is 79.9 Å². The van der Waals surface area contributed by atoms with Gasteiger partial charge >= 0.3 is 11.8 Å². The molecule has 1 aliphatic heterocycles. The van der Waals surface area contributed by atoms with E-state index < -0.39 is 11.8 Å². The predicted molar refractivity (Wildman–Crippen MR) is 111 cm³/mol. The van der Waals surface area contributed by atoms with E-state index in [9.17, 15) is 9.59 Å². The highest BCUT2D eigenvalue weighted by Crippen LogP contribution is 2.24. The summed E-state index contributed by atoms with van der Waals surface area (Å²) in [7, 11) is 1.62. The zero-order valence-corrected chi connectivity index (χ0v) is 16.9. The number of nitrogens with one attached hydrogen (secondary N) is 2. The van der Waals surface area contributed by atoms with Crippen molar-refractivity contribution in [2.24, 2.45) is 0 Å². The van der Waals surface area contributed by atoms with Crippen LogP contribution in [0.25, 0.3) is 0 Å². The van der Waals surface area contributed by atoms with Crippen LogP contribution in [-0.2, 0) is 14.3 Å². The zero-order chi connectivity index (χ0) is 20.6. The number of methoxy groups -OCH3 is 1.